The van der Waals surface area contributed by atoms with Crippen molar-refractivity contribution in [1.82, 2.24) is 4.98 Å². The molecule has 0 saturated heterocycles. The van der Waals surface area contributed by atoms with Gasteiger partial charge in [-0.3, -0.25) is 0 Å². The van der Waals surface area contributed by atoms with Crippen molar-refractivity contribution in [3.63, 3.8) is 0 Å². The molecule has 172 valence electrons. The summed E-state index contributed by atoms with van der Waals surface area (Å²) in [5.74, 6) is 1.32. The van der Waals surface area contributed by atoms with Crippen LogP contribution in [0.4, 0.5) is 10.5 Å². The van der Waals surface area contributed by atoms with Crippen LogP contribution in [0.5, 0.6) is 17.4 Å². The summed E-state index contributed by atoms with van der Waals surface area (Å²) in [5.41, 5.74) is 8.12. The molecule has 0 radical (unpaired) electrons. The number of hydrogen-bond donors (Lipinski definition) is 3. The van der Waals surface area contributed by atoms with Crippen molar-refractivity contribution in [3.05, 3.63) is 71.8 Å². The van der Waals surface area contributed by atoms with Crippen molar-refractivity contribution < 1.29 is 19.0 Å². The van der Waals surface area contributed by atoms with Gasteiger partial charge < -0.3 is 30.2 Å². The van der Waals surface area contributed by atoms with Gasteiger partial charge in [0.15, 0.2) is 11.5 Å². The number of ether oxygens (including phenoxy) is 3. The van der Waals surface area contributed by atoms with Crippen molar-refractivity contribution in [3.8, 4) is 23.4 Å². The quantitative estimate of drug-likeness (QED) is 0.318. The Morgan fingerprint density at radius 1 is 1.09 bits per heavy atom. The molecule has 4 rings (SSSR count). The average molecular weight is 475 g/mol. The average Bonchev–Trinajstić information content (AvgIpc) is 3.18. The van der Waals surface area contributed by atoms with Crippen molar-refractivity contribution in [2.45, 2.75) is 16.3 Å². The molecular weight excluding hydrogens is 452 g/mol. The predicted octanol–water partition coefficient (Wildman–Crippen LogP) is 5.28. The van der Waals surface area contributed by atoms with Gasteiger partial charge in [-0.05, 0) is 29.8 Å². The number of aromatic nitrogens is 1. The van der Waals surface area contributed by atoms with Gasteiger partial charge in [0.2, 0.25) is 5.88 Å². The fourth-order valence-electron chi connectivity index (χ4n) is 3.49. The number of benzene rings is 3. The van der Waals surface area contributed by atoms with Crippen molar-refractivity contribution in [2.75, 3.05) is 19.5 Å². The molecule has 4 aromatic rings. The summed E-state index contributed by atoms with van der Waals surface area (Å²) in [6, 6.07) is 21.2. The zero-order valence-electron chi connectivity index (χ0n) is 18.5. The number of anilines is 1. The molecule has 0 aliphatic rings. The Morgan fingerprint density at radius 3 is 2.50 bits per heavy atom. The maximum atomic E-state index is 11.5. The van der Waals surface area contributed by atoms with Crippen molar-refractivity contribution in [2.24, 2.45) is 5.73 Å². The number of rotatable bonds is 8. The molecule has 0 atom stereocenters. The van der Waals surface area contributed by atoms with E-state index in [-0.39, 0.29) is 0 Å². The van der Waals surface area contributed by atoms with Gasteiger partial charge in [0.05, 0.1) is 30.4 Å². The van der Waals surface area contributed by atoms with Crippen LogP contribution >= 0.6 is 11.8 Å². The molecule has 8 nitrogen and oxygen atoms in total. The topological polar surface area (TPSA) is 122 Å². The van der Waals surface area contributed by atoms with Crippen LogP contribution in [0.3, 0.4) is 0 Å². The number of nitriles is 1. The molecule has 0 fully saturated rings. The van der Waals surface area contributed by atoms with Crippen LogP contribution in [0.25, 0.3) is 10.9 Å². The zero-order chi connectivity index (χ0) is 24.1. The highest BCUT2D eigenvalue weighted by atomic mass is 32.2. The number of fused-ring (bicyclic) bond motifs is 1. The van der Waals surface area contributed by atoms with Crippen LogP contribution in [0.1, 0.15) is 11.1 Å². The third-order valence-electron chi connectivity index (χ3n) is 5.08. The lowest BCUT2D eigenvalue weighted by Crippen LogP contribution is -2.16. The van der Waals surface area contributed by atoms with Crippen molar-refractivity contribution in [1.29, 1.82) is 5.26 Å². The Kier molecular flexibility index (Phi) is 6.80. The van der Waals surface area contributed by atoms with Gasteiger partial charge in [-0.2, -0.15) is 5.26 Å². The number of carbonyl (C=O) groups excluding carboxylic acids is 1. The van der Waals surface area contributed by atoms with Crippen LogP contribution in [0.2, 0.25) is 0 Å². The van der Waals surface area contributed by atoms with Gasteiger partial charge in [0.25, 0.3) is 0 Å². The van der Waals surface area contributed by atoms with Crippen LogP contribution < -0.4 is 25.3 Å². The molecule has 0 saturated carbocycles. The predicted molar refractivity (Wildman–Crippen MR) is 131 cm³/mol. The minimum Gasteiger partial charge on any atom is -0.493 e. The zero-order valence-corrected chi connectivity index (χ0v) is 19.4. The maximum absolute atomic E-state index is 11.5. The number of aromatic amines is 1. The van der Waals surface area contributed by atoms with E-state index in [1.54, 1.807) is 19.2 Å². The normalized spacial score (nSPS) is 10.5. The van der Waals surface area contributed by atoms with Gasteiger partial charge >= 0.3 is 6.09 Å². The second-order valence-electron chi connectivity index (χ2n) is 7.22. The van der Waals surface area contributed by atoms with Crippen molar-refractivity contribution >= 4 is 34.4 Å². The Bertz CT molecular complexity index is 1380. The van der Waals surface area contributed by atoms with Crippen LogP contribution in [-0.2, 0) is 6.54 Å². The van der Waals surface area contributed by atoms with Gasteiger partial charge in [-0.25, -0.2) is 4.79 Å². The Balaban J connectivity index is 1.66. The van der Waals surface area contributed by atoms with E-state index in [0.717, 1.165) is 26.3 Å². The van der Waals surface area contributed by atoms with E-state index in [0.29, 0.717) is 35.2 Å². The number of amides is 1. The van der Waals surface area contributed by atoms with E-state index in [4.69, 9.17) is 19.9 Å². The molecule has 3 aromatic carbocycles. The largest absolute Gasteiger partial charge is 0.493 e. The number of nitrogens with two attached hydrogens (primary N) is 1. The monoisotopic (exact) mass is 474 g/mol. The second kappa shape index (κ2) is 10.1. The Labute approximate surface area is 200 Å². The molecule has 1 aromatic heterocycles. The molecule has 9 heteroatoms. The first-order chi connectivity index (χ1) is 16.5. The molecule has 1 amide bonds. The number of methoxy groups -OCH3 is 2. The van der Waals surface area contributed by atoms with E-state index < -0.39 is 6.09 Å². The minimum atomic E-state index is -0.888. The van der Waals surface area contributed by atoms with E-state index in [1.807, 2.05) is 48.5 Å². The first-order valence-corrected chi connectivity index (χ1v) is 11.1. The van der Waals surface area contributed by atoms with Gasteiger partial charge in [0, 0.05) is 34.5 Å². The number of carbonyl (C=O) groups is 1. The fraction of sp³-hybridized carbons (Fsp3) is 0.120. The summed E-state index contributed by atoms with van der Waals surface area (Å²) in [4.78, 5) is 16.3. The maximum Gasteiger partial charge on any atom is 0.411 e. The summed E-state index contributed by atoms with van der Waals surface area (Å²) in [7, 11) is 3.07. The first kappa shape index (κ1) is 22.9. The second-order valence-corrected chi connectivity index (χ2v) is 8.30. The van der Waals surface area contributed by atoms with Crippen LogP contribution in [0, 0.1) is 11.3 Å². The molecule has 34 heavy (non-hydrogen) atoms. The van der Waals surface area contributed by atoms with E-state index in [1.165, 1.54) is 18.9 Å². The molecule has 4 N–H and O–H groups in total. The van der Waals surface area contributed by atoms with Crippen LogP contribution in [-0.4, -0.2) is 25.3 Å². The Hall–Kier alpha value is -4.29. The summed E-state index contributed by atoms with van der Waals surface area (Å²) in [5, 5.41) is 13.7. The number of nitrogens with zero attached hydrogens (tertiary/aromatic N) is 1. The highest BCUT2D eigenvalue weighted by Gasteiger charge is 2.17. The standard InChI is InChI=1S/C25H22N4O4S/c1-31-21-11-16(13-26)20(12-22(21)32-2)28-14-15-8-9-19-18(10-15)23(24(29-19)33-25(27)30)34-17-6-4-3-5-7-17/h3-12,28-29H,14H2,1-2H3,(H2,27,30). The van der Waals surface area contributed by atoms with E-state index in [9.17, 15) is 10.1 Å². The third-order valence-corrected chi connectivity index (χ3v) is 6.19. The SMILES string of the molecule is COc1cc(C#N)c(NCc2ccc3[nH]c(OC(N)=O)c(Sc4ccccc4)c3c2)cc1OC. The number of nitrogens with one attached hydrogen (secondary N) is 2. The highest BCUT2D eigenvalue weighted by Crippen LogP contribution is 2.41. The van der Waals surface area contributed by atoms with Gasteiger partial charge in [0.1, 0.15) is 6.07 Å². The lowest BCUT2D eigenvalue weighted by Gasteiger charge is -2.13. The summed E-state index contributed by atoms with van der Waals surface area (Å²) in [6.45, 7) is 0.451. The summed E-state index contributed by atoms with van der Waals surface area (Å²) in [6.07, 6.45) is -0.888. The fourth-order valence-corrected chi connectivity index (χ4v) is 4.49. The van der Waals surface area contributed by atoms with E-state index in [2.05, 4.69) is 16.4 Å². The lowest BCUT2D eigenvalue weighted by atomic mass is 10.1. The van der Waals surface area contributed by atoms with E-state index >= 15 is 0 Å². The molecule has 0 bridgehead atoms. The number of hydrogen-bond acceptors (Lipinski definition) is 7. The highest BCUT2D eigenvalue weighted by molar-refractivity contribution is 7.99. The molecule has 0 spiro atoms. The minimum absolute atomic E-state index is 0.299. The van der Waals surface area contributed by atoms with Crippen LogP contribution in [0.15, 0.2) is 70.5 Å². The molecule has 0 aliphatic carbocycles. The number of primary amides is 1. The molecule has 0 unspecified atom stereocenters. The molecular formula is C25H22N4O4S. The van der Waals surface area contributed by atoms with Gasteiger partial charge in [-0.1, -0.05) is 36.0 Å². The number of H-pyrrole nitrogens is 1. The third kappa shape index (κ3) is 4.87. The molecule has 0 aliphatic heterocycles. The van der Waals surface area contributed by atoms with Gasteiger partial charge in [-0.15, -0.1) is 0 Å². The molecule has 1 heterocycles. The lowest BCUT2D eigenvalue weighted by molar-refractivity contribution is 0.208. The first-order valence-electron chi connectivity index (χ1n) is 10.3. The summed E-state index contributed by atoms with van der Waals surface area (Å²) >= 11 is 1.47. The summed E-state index contributed by atoms with van der Waals surface area (Å²) < 4.78 is 15.9. The Morgan fingerprint density at radius 2 is 1.82 bits per heavy atom. The smallest absolute Gasteiger partial charge is 0.411 e.